The van der Waals surface area contributed by atoms with Gasteiger partial charge in [-0.05, 0) is 36.9 Å². The first-order valence-corrected chi connectivity index (χ1v) is 13.6. The molecule has 1 aliphatic carbocycles. The summed E-state index contributed by atoms with van der Waals surface area (Å²) in [5.41, 5.74) is 0.536. The van der Waals surface area contributed by atoms with E-state index in [0.717, 1.165) is 12.8 Å². The van der Waals surface area contributed by atoms with Crippen molar-refractivity contribution in [3.05, 3.63) is 11.5 Å². The number of nitrogens with zero attached hydrogens (tertiary/aromatic N) is 2. The van der Waals surface area contributed by atoms with Crippen LogP contribution in [-0.2, 0) is 18.8 Å². The number of carbonyl (C=O) groups excluding carboxylic acids is 2. The second-order valence-electron chi connectivity index (χ2n) is 9.93. The third kappa shape index (κ3) is 3.88. The number of methoxy groups -OCH3 is 1. The Morgan fingerprint density at radius 1 is 1.14 bits per heavy atom. The molecule has 2 fully saturated rings. The van der Waals surface area contributed by atoms with E-state index in [0.29, 0.717) is 36.8 Å². The lowest BCUT2D eigenvalue weighted by molar-refractivity contribution is -0.148. The Morgan fingerprint density at radius 2 is 1.79 bits per heavy atom. The Morgan fingerprint density at radius 3 is 2.36 bits per heavy atom. The number of amides is 1. The molecule has 6 nitrogen and oxygen atoms in total. The number of fused-ring (bicyclic) bond motifs is 1. The fourth-order valence-corrected chi connectivity index (χ4v) is 5.35. The molecular weight excluding hydrogens is 372 g/mol. The van der Waals surface area contributed by atoms with Crippen LogP contribution in [0.5, 0.6) is 0 Å². The fraction of sp³-hybridized carbons (Fsp3) is 0.810. The van der Waals surface area contributed by atoms with Gasteiger partial charge in [-0.1, -0.05) is 40.0 Å². The lowest BCUT2D eigenvalue weighted by Gasteiger charge is -2.47. The van der Waals surface area contributed by atoms with Gasteiger partial charge >= 0.3 is 5.97 Å². The molecule has 3 rings (SSSR count). The van der Waals surface area contributed by atoms with Crippen LogP contribution in [0.2, 0.25) is 18.1 Å². The molecule has 0 aromatic rings. The zero-order chi connectivity index (χ0) is 20.7. The zero-order valence-corrected chi connectivity index (χ0v) is 19.3. The van der Waals surface area contributed by atoms with Gasteiger partial charge < -0.3 is 9.16 Å². The molecule has 28 heavy (non-hydrogen) atoms. The molecule has 1 saturated heterocycles. The maximum atomic E-state index is 12.9. The molecule has 1 unspecified atom stereocenters. The molecule has 0 radical (unpaired) electrons. The number of hydrogen-bond acceptors (Lipinski definition) is 5. The molecular formula is C21H36N2O4Si. The average Bonchev–Trinajstić information content (AvgIpc) is 3.03. The minimum absolute atomic E-state index is 0.0237. The predicted molar refractivity (Wildman–Crippen MR) is 110 cm³/mol. The van der Waals surface area contributed by atoms with Gasteiger partial charge in [-0.2, -0.15) is 0 Å². The van der Waals surface area contributed by atoms with E-state index in [1.807, 2.05) is 0 Å². The van der Waals surface area contributed by atoms with Crippen LogP contribution >= 0.6 is 0 Å². The van der Waals surface area contributed by atoms with Crippen molar-refractivity contribution < 1.29 is 18.8 Å². The topological polar surface area (TPSA) is 59.1 Å². The minimum Gasteiger partial charge on any atom is -0.530 e. The van der Waals surface area contributed by atoms with E-state index >= 15 is 0 Å². The van der Waals surface area contributed by atoms with Crippen molar-refractivity contribution in [3.63, 3.8) is 0 Å². The standard InChI is InChI=1S/C21H36N2O4Si/c1-21(2,3)28(5,6)27-19-16(20(25)26-4)14-17(15-10-8-7-9-11-15)22-13-12-18(24)23(19)22/h15,17H,7-14H2,1-6H3. The number of hydrogen-bond donors (Lipinski definition) is 0. The quantitative estimate of drug-likeness (QED) is 0.515. The van der Waals surface area contributed by atoms with Gasteiger partial charge in [0.1, 0.15) is 0 Å². The van der Waals surface area contributed by atoms with Crippen LogP contribution in [0.1, 0.15) is 65.7 Å². The molecule has 3 aliphatic rings. The van der Waals surface area contributed by atoms with E-state index in [-0.39, 0.29) is 23.0 Å². The molecule has 1 saturated carbocycles. The Balaban J connectivity index is 2.03. The monoisotopic (exact) mass is 408 g/mol. The Labute approximate surface area is 170 Å². The van der Waals surface area contributed by atoms with Crippen LogP contribution in [0, 0.1) is 5.92 Å². The summed E-state index contributed by atoms with van der Waals surface area (Å²) in [4.78, 5) is 25.6. The van der Waals surface area contributed by atoms with E-state index < -0.39 is 8.32 Å². The molecule has 0 N–H and O–H groups in total. The van der Waals surface area contributed by atoms with Crippen molar-refractivity contribution in [1.29, 1.82) is 0 Å². The summed E-state index contributed by atoms with van der Waals surface area (Å²) in [5.74, 6) is 0.605. The molecule has 158 valence electrons. The maximum absolute atomic E-state index is 12.9. The van der Waals surface area contributed by atoms with E-state index in [2.05, 4.69) is 38.9 Å². The molecule has 0 aromatic carbocycles. The van der Waals surface area contributed by atoms with Gasteiger partial charge in [-0.15, -0.1) is 0 Å². The third-order valence-electron chi connectivity index (χ3n) is 7.08. The predicted octanol–water partition coefficient (Wildman–Crippen LogP) is 4.19. The SMILES string of the molecule is COC(=O)C1=C(O[Si](C)(C)C(C)(C)C)N2C(=O)CCN2C(C2CCCCC2)C1. The lowest BCUT2D eigenvalue weighted by atomic mass is 9.80. The highest BCUT2D eigenvalue weighted by Crippen LogP contribution is 2.44. The second kappa shape index (κ2) is 7.82. The van der Waals surface area contributed by atoms with Crippen LogP contribution in [0.3, 0.4) is 0 Å². The van der Waals surface area contributed by atoms with E-state index in [4.69, 9.17) is 9.16 Å². The van der Waals surface area contributed by atoms with Crippen molar-refractivity contribution in [3.8, 4) is 0 Å². The summed E-state index contributed by atoms with van der Waals surface area (Å²) in [7, 11) is -0.820. The van der Waals surface area contributed by atoms with Crippen LogP contribution in [0.15, 0.2) is 11.5 Å². The highest BCUT2D eigenvalue weighted by Gasteiger charge is 2.50. The van der Waals surface area contributed by atoms with E-state index in [1.165, 1.54) is 26.4 Å². The second-order valence-corrected chi connectivity index (χ2v) is 14.7. The van der Waals surface area contributed by atoms with Crippen LogP contribution < -0.4 is 0 Å². The smallest absolute Gasteiger partial charge is 0.339 e. The van der Waals surface area contributed by atoms with Gasteiger partial charge in [-0.25, -0.2) is 14.8 Å². The molecule has 1 atom stereocenters. The Kier molecular flexibility index (Phi) is 5.97. The highest BCUT2D eigenvalue weighted by molar-refractivity contribution is 6.74. The molecule has 2 aliphatic heterocycles. The Hall–Kier alpha value is -1.34. The van der Waals surface area contributed by atoms with Crippen LogP contribution in [0.25, 0.3) is 0 Å². The van der Waals surface area contributed by atoms with E-state index in [1.54, 1.807) is 5.01 Å². The largest absolute Gasteiger partial charge is 0.530 e. The van der Waals surface area contributed by atoms with Gasteiger partial charge in [0, 0.05) is 25.4 Å². The first kappa shape index (κ1) is 21.4. The average molecular weight is 409 g/mol. The first-order chi connectivity index (χ1) is 13.1. The van der Waals surface area contributed by atoms with Crippen LogP contribution in [-0.4, -0.2) is 49.9 Å². The van der Waals surface area contributed by atoms with Gasteiger partial charge in [0.25, 0.3) is 8.32 Å². The number of hydrazine groups is 1. The van der Waals surface area contributed by atoms with Gasteiger partial charge in [0.2, 0.25) is 11.8 Å². The molecule has 0 aromatic heterocycles. The first-order valence-electron chi connectivity index (χ1n) is 10.7. The van der Waals surface area contributed by atoms with Gasteiger partial charge in [-0.3, -0.25) is 4.79 Å². The molecule has 1 amide bonds. The molecule has 0 spiro atoms. The fourth-order valence-electron chi connectivity index (χ4n) is 4.36. The molecule has 7 heteroatoms. The van der Waals surface area contributed by atoms with Gasteiger partial charge in [0.15, 0.2) is 0 Å². The van der Waals surface area contributed by atoms with Crippen molar-refractivity contribution in [2.24, 2.45) is 5.92 Å². The van der Waals surface area contributed by atoms with E-state index in [9.17, 15) is 9.59 Å². The summed E-state index contributed by atoms with van der Waals surface area (Å²) in [6, 6.07) is 0.174. The van der Waals surface area contributed by atoms with Crippen molar-refractivity contribution in [2.75, 3.05) is 13.7 Å². The number of esters is 1. The number of carbonyl (C=O) groups is 2. The van der Waals surface area contributed by atoms with Crippen molar-refractivity contribution in [2.45, 2.75) is 89.9 Å². The number of rotatable bonds is 4. The van der Waals surface area contributed by atoms with Crippen molar-refractivity contribution >= 4 is 20.2 Å². The van der Waals surface area contributed by atoms with Gasteiger partial charge in [0.05, 0.1) is 12.7 Å². The molecule has 0 bridgehead atoms. The van der Waals surface area contributed by atoms with Crippen LogP contribution in [0.4, 0.5) is 0 Å². The number of ether oxygens (including phenoxy) is 1. The summed E-state index contributed by atoms with van der Waals surface area (Å²) in [6.07, 6.45) is 7.14. The third-order valence-corrected chi connectivity index (χ3v) is 11.4. The normalized spacial score (nSPS) is 25.1. The minimum atomic E-state index is -2.23. The zero-order valence-electron chi connectivity index (χ0n) is 18.3. The Bertz CT molecular complexity index is 662. The summed E-state index contributed by atoms with van der Waals surface area (Å²) in [6.45, 7) is 11.5. The van der Waals surface area contributed by atoms with Crippen molar-refractivity contribution in [1.82, 2.24) is 10.0 Å². The maximum Gasteiger partial charge on any atom is 0.339 e. The summed E-state index contributed by atoms with van der Waals surface area (Å²) in [5, 5.41) is 3.85. The molecule has 2 heterocycles. The lowest BCUT2D eigenvalue weighted by Crippen LogP contribution is -2.55. The summed E-state index contributed by atoms with van der Waals surface area (Å²) >= 11 is 0. The summed E-state index contributed by atoms with van der Waals surface area (Å²) < 4.78 is 11.7. The highest BCUT2D eigenvalue weighted by atomic mass is 28.4.